The zero-order valence-electron chi connectivity index (χ0n) is 17.7. The van der Waals surface area contributed by atoms with Crippen LogP contribution >= 0.6 is 0 Å². The lowest BCUT2D eigenvalue weighted by molar-refractivity contribution is 0.0204. The molecule has 7 heteroatoms. The van der Waals surface area contributed by atoms with Crippen LogP contribution in [0.15, 0.2) is 73.0 Å². The molecule has 0 saturated carbocycles. The van der Waals surface area contributed by atoms with E-state index in [4.69, 9.17) is 14.2 Å². The fourth-order valence-corrected chi connectivity index (χ4v) is 3.18. The molecule has 0 saturated heterocycles. The smallest absolute Gasteiger partial charge is 0.411 e. The second-order valence-corrected chi connectivity index (χ2v) is 7.22. The summed E-state index contributed by atoms with van der Waals surface area (Å²) in [5, 5.41) is 12.7. The van der Waals surface area contributed by atoms with Gasteiger partial charge in [0, 0.05) is 19.0 Å². The number of aromatic hydroxyl groups is 1. The summed E-state index contributed by atoms with van der Waals surface area (Å²) in [5.74, 6) is -0.688. The quantitative estimate of drug-likeness (QED) is 0.536. The number of phenolic OH excluding ortho intramolecular Hbond substituents is 1. The van der Waals surface area contributed by atoms with Gasteiger partial charge in [-0.25, -0.2) is 9.59 Å². The number of rotatable bonds is 5. The summed E-state index contributed by atoms with van der Waals surface area (Å²) in [6.07, 6.45) is 7.23. The molecule has 168 valence electrons. The van der Waals surface area contributed by atoms with E-state index in [1.54, 1.807) is 18.2 Å². The van der Waals surface area contributed by atoms with Crippen molar-refractivity contribution in [3.8, 4) is 5.75 Å². The second kappa shape index (κ2) is 12.3. The van der Waals surface area contributed by atoms with Crippen molar-refractivity contribution in [2.45, 2.75) is 32.0 Å². The van der Waals surface area contributed by atoms with Gasteiger partial charge in [-0.15, -0.1) is 0 Å². The van der Waals surface area contributed by atoms with Crippen molar-refractivity contribution in [1.29, 1.82) is 0 Å². The molecule has 2 aromatic carbocycles. The molecule has 3 rings (SSSR count). The number of alkyl carbamates (subject to hydrolysis) is 1. The number of ether oxygens (including phenoxy) is 3. The van der Waals surface area contributed by atoms with Crippen LogP contribution in [0.5, 0.6) is 5.75 Å². The number of benzene rings is 2. The molecule has 0 radical (unpaired) electrons. The largest absolute Gasteiger partial charge is 0.507 e. The van der Waals surface area contributed by atoms with Gasteiger partial charge in [0.05, 0.1) is 13.2 Å². The van der Waals surface area contributed by atoms with Crippen LogP contribution in [0.1, 0.15) is 34.3 Å². The Morgan fingerprint density at radius 1 is 1.16 bits per heavy atom. The van der Waals surface area contributed by atoms with Crippen molar-refractivity contribution < 1.29 is 28.9 Å². The maximum Gasteiger partial charge on any atom is 0.411 e. The second-order valence-electron chi connectivity index (χ2n) is 7.22. The predicted molar refractivity (Wildman–Crippen MR) is 119 cm³/mol. The van der Waals surface area contributed by atoms with Crippen LogP contribution in [0.25, 0.3) is 0 Å². The number of fused-ring (bicyclic) bond motifs is 1. The first-order chi connectivity index (χ1) is 15.6. The van der Waals surface area contributed by atoms with Crippen LogP contribution in [0.2, 0.25) is 0 Å². The Morgan fingerprint density at radius 3 is 2.84 bits per heavy atom. The van der Waals surface area contributed by atoms with E-state index in [0.29, 0.717) is 38.0 Å². The number of carbonyl (C=O) groups is 2. The van der Waals surface area contributed by atoms with E-state index in [1.165, 1.54) is 12.3 Å². The SMILES string of the molecule is O=C(N/C=C/C[C@H]1CCOC/C=C/Cc2cccc(O)c2C(=O)O1)OCc1ccccc1. The fraction of sp³-hybridized carbons (Fsp3) is 0.280. The highest BCUT2D eigenvalue weighted by molar-refractivity contribution is 5.94. The van der Waals surface area contributed by atoms with Gasteiger partial charge in [0.15, 0.2) is 0 Å². The Labute approximate surface area is 187 Å². The Morgan fingerprint density at radius 2 is 2.00 bits per heavy atom. The van der Waals surface area contributed by atoms with Crippen LogP contribution in [0.3, 0.4) is 0 Å². The average Bonchev–Trinajstić information content (AvgIpc) is 2.79. The van der Waals surface area contributed by atoms with Gasteiger partial charge in [-0.3, -0.25) is 5.32 Å². The standard InChI is InChI=1S/C25H27NO6/c27-22-13-6-11-20-10-4-5-16-30-17-14-21(32-24(28)23(20)22)12-7-15-26-25(29)31-18-19-8-2-1-3-9-19/h1-9,11,13,15,21,27H,10,12,14,16-18H2,(H,26,29)/b5-4+,15-7+/t21-/m0/s1. The topological polar surface area (TPSA) is 94.1 Å². The summed E-state index contributed by atoms with van der Waals surface area (Å²) < 4.78 is 16.3. The number of hydrogen-bond acceptors (Lipinski definition) is 6. The van der Waals surface area contributed by atoms with Crippen molar-refractivity contribution in [3.63, 3.8) is 0 Å². The molecular weight excluding hydrogens is 410 g/mol. The summed E-state index contributed by atoms with van der Waals surface area (Å²) >= 11 is 0. The average molecular weight is 437 g/mol. The van der Waals surface area contributed by atoms with Gasteiger partial charge in [0.25, 0.3) is 0 Å². The number of cyclic esters (lactones) is 1. The van der Waals surface area contributed by atoms with Gasteiger partial charge in [0.1, 0.15) is 24.0 Å². The summed E-state index contributed by atoms with van der Waals surface area (Å²) in [7, 11) is 0. The molecule has 0 unspecified atom stereocenters. The minimum absolute atomic E-state index is 0.105. The minimum Gasteiger partial charge on any atom is -0.507 e. The van der Waals surface area contributed by atoms with E-state index in [0.717, 1.165) is 5.56 Å². The van der Waals surface area contributed by atoms with Crippen LogP contribution in [0, 0.1) is 0 Å². The van der Waals surface area contributed by atoms with Crippen LogP contribution < -0.4 is 5.32 Å². The number of phenols is 1. The van der Waals surface area contributed by atoms with Crippen molar-refractivity contribution in [2.75, 3.05) is 13.2 Å². The zero-order chi connectivity index (χ0) is 22.6. The molecule has 0 aliphatic carbocycles. The molecule has 2 aromatic rings. The van der Waals surface area contributed by atoms with E-state index < -0.39 is 18.2 Å². The van der Waals surface area contributed by atoms with Gasteiger partial charge in [-0.05, 0) is 23.6 Å². The lowest BCUT2D eigenvalue weighted by atomic mass is 10.0. The molecule has 1 amide bonds. The highest BCUT2D eigenvalue weighted by atomic mass is 16.6. The normalized spacial score (nSPS) is 18.0. The van der Waals surface area contributed by atoms with Crippen molar-refractivity contribution in [3.05, 3.63) is 89.6 Å². The molecule has 0 spiro atoms. The summed E-state index contributed by atoms with van der Waals surface area (Å²) in [4.78, 5) is 24.6. The maximum atomic E-state index is 12.8. The van der Waals surface area contributed by atoms with Crippen LogP contribution in [-0.2, 0) is 27.2 Å². The van der Waals surface area contributed by atoms with Gasteiger partial charge < -0.3 is 19.3 Å². The molecule has 1 aliphatic rings. The molecule has 1 heterocycles. The minimum atomic E-state index is -0.583. The maximum absolute atomic E-state index is 12.8. The monoisotopic (exact) mass is 437 g/mol. The molecule has 2 N–H and O–H groups in total. The van der Waals surface area contributed by atoms with E-state index in [2.05, 4.69) is 5.32 Å². The van der Waals surface area contributed by atoms with Gasteiger partial charge in [-0.2, -0.15) is 0 Å². The molecular formula is C25H27NO6. The third-order valence-electron chi connectivity index (χ3n) is 4.84. The van der Waals surface area contributed by atoms with E-state index in [-0.39, 0.29) is 17.9 Å². The van der Waals surface area contributed by atoms with Crippen molar-refractivity contribution in [2.24, 2.45) is 0 Å². The number of allylic oxidation sites excluding steroid dienone is 1. The molecule has 32 heavy (non-hydrogen) atoms. The zero-order valence-corrected chi connectivity index (χ0v) is 17.7. The van der Waals surface area contributed by atoms with Gasteiger partial charge >= 0.3 is 12.1 Å². The first-order valence-corrected chi connectivity index (χ1v) is 10.5. The molecule has 0 aromatic heterocycles. The van der Waals surface area contributed by atoms with Crippen LogP contribution in [-0.4, -0.2) is 36.5 Å². The molecule has 1 atom stereocenters. The fourth-order valence-electron chi connectivity index (χ4n) is 3.18. The molecule has 1 aliphatic heterocycles. The first-order valence-electron chi connectivity index (χ1n) is 10.5. The Kier molecular flexibility index (Phi) is 8.89. The Bertz CT molecular complexity index is 954. The third kappa shape index (κ3) is 7.28. The van der Waals surface area contributed by atoms with Crippen molar-refractivity contribution >= 4 is 12.1 Å². The lowest BCUT2D eigenvalue weighted by Crippen LogP contribution is -2.22. The van der Waals surface area contributed by atoms with E-state index in [1.807, 2.05) is 42.5 Å². The van der Waals surface area contributed by atoms with Gasteiger partial charge in [0.2, 0.25) is 0 Å². The van der Waals surface area contributed by atoms with Crippen molar-refractivity contribution in [1.82, 2.24) is 5.32 Å². The number of hydrogen-bond donors (Lipinski definition) is 2. The summed E-state index contributed by atoms with van der Waals surface area (Å²) in [6, 6.07) is 14.3. The van der Waals surface area contributed by atoms with Crippen LogP contribution in [0.4, 0.5) is 4.79 Å². The Hall–Kier alpha value is -3.58. The molecule has 0 fully saturated rings. The van der Waals surface area contributed by atoms with E-state index in [9.17, 15) is 14.7 Å². The van der Waals surface area contributed by atoms with E-state index >= 15 is 0 Å². The molecule has 7 nitrogen and oxygen atoms in total. The first kappa shape index (κ1) is 23.1. The summed E-state index contributed by atoms with van der Waals surface area (Å²) in [6.45, 7) is 1.05. The predicted octanol–water partition coefficient (Wildman–Crippen LogP) is 4.27. The lowest BCUT2D eigenvalue weighted by Gasteiger charge is -2.18. The number of carbonyl (C=O) groups excluding carboxylic acids is 2. The third-order valence-corrected chi connectivity index (χ3v) is 4.84. The highest BCUT2D eigenvalue weighted by Gasteiger charge is 2.21. The number of nitrogens with one attached hydrogen (secondary N) is 1. The summed E-state index contributed by atoms with van der Waals surface area (Å²) in [5.41, 5.74) is 1.75. The molecule has 0 bridgehead atoms. The highest BCUT2D eigenvalue weighted by Crippen LogP contribution is 2.24. The van der Waals surface area contributed by atoms with Gasteiger partial charge in [-0.1, -0.05) is 60.7 Å². The number of esters is 1. The Balaban J connectivity index is 1.55. The number of amides is 1.